The Balaban J connectivity index is 2.94. The van der Waals surface area contributed by atoms with Gasteiger partial charge in [0, 0.05) is 20.3 Å². The molecular weight excluding hydrogens is 204 g/mol. The van der Waals surface area contributed by atoms with Gasteiger partial charge < -0.3 is 16.0 Å². The summed E-state index contributed by atoms with van der Waals surface area (Å²) >= 11 is 0. The number of hydrogen-bond donors (Lipinski definition) is 2. The fourth-order valence-corrected chi connectivity index (χ4v) is 1.13. The van der Waals surface area contributed by atoms with Gasteiger partial charge in [-0.3, -0.25) is 4.79 Å². The van der Waals surface area contributed by atoms with Gasteiger partial charge in [0.15, 0.2) is 5.82 Å². The van der Waals surface area contributed by atoms with Gasteiger partial charge >= 0.3 is 0 Å². The van der Waals surface area contributed by atoms with Crippen molar-refractivity contribution in [2.24, 2.45) is 5.73 Å². The summed E-state index contributed by atoms with van der Waals surface area (Å²) in [6.45, 7) is 3.32. The van der Waals surface area contributed by atoms with Gasteiger partial charge in [-0.2, -0.15) is 0 Å². The van der Waals surface area contributed by atoms with Crippen LogP contribution in [0.3, 0.4) is 0 Å². The van der Waals surface area contributed by atoms with Crippen LogP contribution >= 0.6 is 0 Å². The molecule has 3 N–H and O–H groups in total. The minimum Gasteiger partial charge on any atom is -0.361 e. The molecule has 0 aliphatic carbocycles. The number of nitrogens with zero attached hydrogens (tertiary/aromatic N) is 2. The fourth-order valence-electron chi connectivity index (χ4n) is 1.13. The first-order valence-corrected chi connectivity index (χ1v) is 5.05. The molecule has 0 saturated carbocycles. The van der Waals surface area contributed by atoms with E-state index in [1.807, 2.05) is 19.0 Å². The average Bonchev–Trinajstić information content (AvgIpc) is 2.16. The minimum atomic E-state index is -0.903. The maximum absolute atomic E-state index is 11.7. The standard InChI is InChI=1S/C11H18N4O/c1-11(2,12)10(16)14-8-6-5-7-13-9(8)15(3)4/h5-7H,12H2,1-4H3,(H,14,16). The Morgan fingerprint density at radius 1 is 1.50 bits per heavy atom. The van der Waals surface area contributed by atoms with Crippen molar-refractivity contribution in [3.63, 3.8) is 0 Å². The predicted octanol–water partition coefficient (Wildman–Crippen LogP) is 0.823. The molecule has 0 atom stereocenters. The van der Waals surface area contributed by atoms with Crippen molar-refractivity contribution in [3.8, 4) is 0 Å². The molecule has 0 aliphatic heterocycles. The Kier molecular flexibility index (Phi) is 3.49. The number of pyridine rings is 1. The number of hydrogen-bond acceptors (Lipinski definition) is 4. The Hall–Kier alpha value is -1.62. The number of rotatable bonds is 3. The number of aromatic nitrogens is 1. The molecular formula is C11H18N4O. The van der Waals surface area contributed by atoms with Gasteiger partial charge in [-0.15, -0.1) is 0 Å². The fraction of sp³-hybridized carbons (Fsp3) is 0.455. The van der Waals surface area contributed by atoms with E-state index in [2.05, 4.69) is 10.3 Å². The molecule has 0 unspecified atom stereocenters. The zero-order valence-corrected chi connectivity index (χ0v) is 10.1. The van der Waals surface area contributed by atoms with Crippen LogP contribution in [-0.2, 0) is 4.79 Å². The van der Waals surface area contributed by atoms with E-state index >= 15 is 0 Å². The molecule has 1 aromatic rings. The van der Waals surface area contributed by atoms with Crippen LogP contribution < -0.4 is 16.0 Å². The van der Waals surface area contributed by atoms with Crippen LogP contribution in [0.2, 0.25) is 0 Å². The smallest absolute Gasteiger partial charge is 0.243 e. The summed E-state index contributed by atoms with van der Waals surface area (Å²) in [4.78, 5) is 17.7. The van der Waals surface area contributed by atoms with E-state index in [-0.39, 0.29) is 5.91 Å². The zero-order valence-electron chi connectivity index (χ0n) is 10.1. The van der Waals surface area contributed by atoms with Gasteiger partial charge in [-0.05, 0) is 26.0 Å². The first-order valence-electron chi connectivity index (χ1n) is 5.05. The minimum absolute atomic E-state index is 0.233. The summed E-state index contributed by atoms with van der Waals surface area (Å²) in [5, 5.41) is 2.76. The van der Waals surface area contributed by atoms with E-state index in [0.29, 0.717) is 11.5 Å². The lowest BCUT2D eigenvalue weighted by atomic mass is 10.1. The van der Waals surface area contributed by atoms with Crippen LogP contribution in [0.15, 0.2) is 18.3 Å². The Morgan fingerprint density at radius 3 is 2.62 bits per heavy atom. The normalized spacial score (nSPS) is 11.1. The SMILES string of the molecule is CN(C)c1ncccc1NC(=O)C(C)(C)N. The van der Waals surface area contributed by atoms with Crippen molar-refractivity contribution in [1.29, 1.82) is 0 Å². The topological polar surface area (TPSA) is 71.2 Å². The van der Waals surface area contributed by atoms with Crippen LogP contribution in [0.4, 0.5) is 11.5 Å². The third-order valence-electron chi connectivity index (χ3n) is 2.04. The first kappa shape index (κ1) is 12.4. The Labute approximate surface area is 95.7 Å². The van der Waals surface area contributed by atoms with Gasteiger partial charge in [-0.25, -0.2) is 4.98 Å². The van der Waals surface area contributed by atoms with E-state index < -0.39 is 5.54 Å². The summed E-state index contributed by atoms with van der Waals surface area (Å²) < 4.78 is 0. The van der Waals surface area contributed by atoms with E-state index in [1.54, 1.807) is 32.2 Å². The number of anilines is 2. The molecule has 0 radical (unpaired) electrons. The largest absolute Gasteiger partial charge is 0.361 e. The highest BCUT2D eigenvalue weighted by molar-refractivity contribution is 5.99. The second kappa shape index (κ2) is 4.49. The first-order chi connectivity index (χ1) is 7.32. The lowest BCUT2D eigenvalue weighted by molar-refractivity contribution is -0.120. The molecule has 5 nitrogen and oxygen atoms in total. The van der Waals surface area contributed by atoms with Crippen molar-refractivity contribution in [2.45, 2.75) is 19.4 Å². The summed E-state index contributed by atoms with van der Waals surface area (Å²) in [7, 11) is 3.73. The summed E-state index contributed by atoms with van der Waals surface area (Å²) in [6.07, 6.45) is 1.68. The number of carbonyl (C=O) groups is 1. The molecule has 0 fully saturated rings. The Morgan fingerprint density at radius 2 is 2.12 bits per heavy atom. The lowest BCUT2D eigenvalue weighted by Crippen LogP contribution is -2.45. The van der Waals surface area contributed by atoms with E-state index in [1.165, 1.54) is 0 Å². The molecule has 1 amide bonds. The number of nitrogens with two attached hydrogens (primary N) is 1. The lowest BCUT2D eigenvalue weighted by Gasteiger charge is -2.21. The number of carbonyl (C=O) groups excluding carboxylic acids is 1. The van der Waals surface area contributed by atoms with Crippen molar-refractivity contribution in [2.75, 3.05) is 24.3 Å². The van der Waals surface area contributed by atoms with Crippen LogP contribution in [0, 0.1) is 0 Å². The monoisotopic (exact) mass is 222 g/mol. The van der Waals surface area contributed by atoms with E-state index in [0.717, 1.165) is 0 Å². The molecule has 0 spiro atoms. The predicted molar refractivity (Wildman–Crippen MR) is 65.5 cm³/mol. The van der Waals surface area contributed by atoms with Crippen molar-refractivity contribution < 1.29 is 4.79 Å². The Bertz CT molecular complexity index is 382. The van der Waals surface area contributed by atoms with Crippen LogP contribution in [0.25, 0.3) is 0 Å². The quantitative estimate of drug-likeness (QED) is 0.794. The van der Waals surface area contributed by atoms with E-state index in [9.17, 15) is 4.79 Å². The highest BCUT2D eigenvalue weighted by Crippen LogP contribution is 2.21. The molecule has 5 heteroatoms. The molecule has 0 aromatic carbocycles. The maximum atomic E-state index is 11.7. The van der Waals surface area contributed by atoms with Gasteiger partial charge in [0.05, 0.1) is 11.2 Å². The molecule has 0 aliphatic rings. The van der Waals surface area contributed by atoms with Gasteiger partial charge in [0.25, 0.3) is 0 Å². The molecule has 88 valence electrons. The van der Waals surface area contributed by atoms with Gasteiger partial charge in [0.1, 0.15) is 0 Å². The molecule has 1 rings (SSSR count). The van der Waals surface area contributed by atoms with Crippen molar-refractivity contribution >= 4 is 17.4 Å². The average molecular weight is 222 g/mol. The molecule has 0 bridgehead atoms. The second-order valence-electron chi connectivity index (χ2n) is 4.44. The maximum Gasteiger partial charge on any atom is 0.243 e. The van der Waals surface area contributed by atoms with Crippen molar-refractivity contribution in [3.05, 3.63) is 18.3 Å². The van der Waals surface area contributed by atoms with E-state index in [4.69, 9.17) is 5.73 Å². The van der Waals surface area contributed by atoms with Crippen molar-refractivity contribution in [1.82, 2.24) is 4.98 Å². The van der Waals surface area contributed by atoms with Crippen LogP contribution in [-0.4, -0.2) is 30.5 Å². The highest BCUT2D eigenvalue weighted by atomic mass is 16.2. The molecule has 1 heterocycles. The number of amides is 1. The second-order valence-corrected chi connectivity index (χ2v) is 4.44. The third kappa shape index (κ3) is 2.93. The van der Waals surface area contributed by atoms with Gasteiger partial charge in [-0.1, -0.05) is 0 Å². The molecule has 0 saturated heterocycles. The summed E-state index contributed by atoms with van der Waals surface area (Å²) in [6, 6.07) is 3.57. The van der Waals surface area contributed by atoms with Crippen LogP contribution in [0.1, 0.15) is 13.8 Å². The molecule has 1 aromatic heterocycles. The van der Waals surface area contributed by atoms with Crippen LogP contribution in [0.5, 0.6) is 0 Å². The zero-order chi connectivity index (χ0) is 12.3. The van der Waals surface area contributed by atoms with Gasteiger partial charge in [0.2, 0.25) is 5.91 Å². The third-order valence-corrected chi connectivity index (χ3v) is 2.04. The molecule has 16 heavy (non-hydrogen) atoms. The number of nitrogens with one attached hydrogen (secondary N) is 1. The summed E-state index contributed by atoms with van der Waals surface area (Å²) in [5.41, 5.74) is 5.47. The highest BCUT2D eigenvalue weighted by Gasteiger charge is 2.22. The summed E-state index contributed by atoms with van der Waals surface area (Å²) in [5.74, 6) is 0.476.